The first-order valence-corrected chi connectivity index (χ1v) is 5.51. The normalized spacial score (nSPS) is 10.3. The fraction of sp³-hybridized carbons (Fsp3) is 0.500. The number of aromatic nitrogens is 3. The van der Waals surface area contributed by atoms with Crippen LogP contribution in [0.2, 0.25) is 0 Å². The lowest BCUT2D eigenvalue weighted by Crippen LogP contribution is -2.12. The lowest BCUT2D eigenvalue weighted by Gasteiger charge is -2.05. The summed E-state index contributed by atoms with van der Waals surface area (Å²) in [7, 11) is 0. The maximum Gasteiger partial charge on any atom is 0.374 e. The zero-order valence-corrected chi connectivity index (χ0v) is 9.53. The Morgan fingerprint density at radius 1 is 1.50 bits per heavy atom. The first-order valence-electron chi connectivity index (χ1n) is 4.70. The highest BCUT2D eigenvalue weighted by Gasteiger charge is 2.19. The van der Waals surface area contributed by atoms with Crippen LogP contribution in [0, 0.1) is 0 Å². The van der Waals surface area contributed by atoms with E-state index in [2.05, 4.69) is 10.2 Å². The highest BCUT2D eigenvalue weighted by atomic mass is 32.2. The maximum atomic E-state index is 10.8. The molecule has 0 spiro atoms. The molecule has 88 valence electrons. The summed E-state index contributed by atoms with van der Waals surface area (Å²) >= 11 is 0.679. The first-order chi connectivity index (χ1) is 7.56. The number of nitrogens with two attached hydrogens (primary N) is 1. The van der Waals surface area contributed by atoms with Crippen LogP contribution in [-0.2, 0) is 6.54 Å². The number of hydrogen-bond acceptors (Lipinski definition) is 5. The van der Waals surface area contributed by atoms with Crippen LogP contribution in [0.5, 0.6) is 0 Å². The van der Waals surface area contributed by atoms with Gasteiger partial charge in [-0.15, -0.1) is 10.2 Å². The summed E-state index contributed by atoms with van der Waals surface area (Å²) in [6.07, 6.45) is 1.68. The number of unbranched alkanes of at least 4 members (excludes halogenated alkanes) is 1. The van der Waals surface area contributed by atoms with E-state index in [9.17, 15) is 9.59 Å². The molecule has 0 aliphatic rings. The minimum absolute atomic E-state index is 0.169. The number of primary amides is 1. The number of carbonyl (C=O) groups excluding carboxylic acids is 1. The molecule has 0 aromatic carbocycles. The van der Waals surface area contributed by atoms with Crippen molar-refractivity contribution in [3.05, 3.63) is 5.82 Å². The number of amides is 1. The third-order valence-corrected chi connectivity index (χ3v) is 2.52. The molecule has 0 saturated heterocycles. The smallest absolute Gasteiger partial charge is 0.374 e. The minimum atomic E-state index is -1.17. The Morgan fingerprint density at radius 2 is 2.19 bits per heavy atom. The molecule has 0 aliphatic heterocycles. The summed E-state index contributed by atoms with van der Waals surface area (Å²) in [6, 6.07) is 0. The van der Waals surface area contributed by atoms with E-state index in [0.717, 1.165) is 12.8 Å². The van der Waals surface area contributed by atoms with Gasteiger partial charge in [-0.05, 0) is 6.42 Å². The van der Waals surface area contributed by atoms with Gasteiger partial charge in [0, 0.05) is 18.3 Å². The van der Waals surface area contributed by atoms with E-state index in [1.54, 1.807) is 0 Å². The van der Waals surface area contributed by atoms with Gasteiger partial charge in [0.2, 0.25) is 11.0 Å². The fourth-order valence-corrected chi connectivity index (χ4v) is 1.68. The maximum absolute atomic E-state index is 10.8. The van der Waals surface area contributed by atoms with Gasteiger partial charge in [-0.2, -0.15) is 0 Å². The van der Waals surface area contributed by atoms with Crippen LogP contribution in [0.1, 0.15) is 30.4 Å². The fourth-order valence-electron chi connectivity index (χ4n) is 1.13. The zero-order chi connectivity index (χ0) is 12.1. The van der Waals surface area contributed by atoms with Gasteiger partial charge < -0.3 is 10.8 Å². The molecule has 8 heteroatoms. The Labute approximate surface area is 96.0 Å². The number of rotatable bonds is 5. The Balaban J connectivity index is 2.98. The molecule has 0 aliphatic carbocycles. The molecule has 1 rings (SSSR count). The van der Waals surface area contributed by atoms with Gasteiger partial charge in [0.1, 0.15) is 0 Å². The standard InChI is InChI=1S/C8H12N4O3S/c1-2-3-4-12-5(6(13)14)10-11-8(12)16-7(9)15/h2-4H2,1H3,(H2,9,15)(H,13,14). The van der Waals surface area contributed by atoms with Crippen molar-refractivity contribution in [1.82, 2.24) is 14.8 Å². The highest BCUT2D eigenvalue weighted by molar-refractivity contribution is 8.13. The molecule has 0 radical (unpaired) electrons. The van der Waals surface area contributed by atoms with Crippen LogP contribution in [0.3, 0.4) is 0 Å². The summed E-state index contributed by atoms with van der Waals surface area (Å²) in [5.41, 5.74) is 5.00. The van der Waals surface area contributed by atoms with Crippen molar-refractivity contribution in [2.24, 2.45) is 5.73 Å². The van der Waals surface area contributed by atoms with Crippen molar-refractivity contribution in [3.63, 3.8) is 0 Å². The quantitative estimate of drug-likeness (QED) is 0.746. The van der Waals surface area contributed by atoms with Crippen LogP contribution in [-0.4, -0.2) is 31.1 Å². The average Bonchev–Trinajstić information content (AvgIpc) is 2.57. The van der Waals surface area contributed by atoms with E-state index in [4.69, 9.17) is 10.8 Å². The second kappa shape index (κ2) is 5.50. The SMILES string of the molecule is CCCCn1c(SC(N)=O)nnc1C(=O)O. The molecule has 1 amide bonds. The Morgan fingerprint density at radius 3 is 2.69 bits per heavy atom. The van der Waals surface area contributed by atoms with Crippen molar-refractivity contribution in [2.75, 3.05) is 0 Å². The van der Waals surface area contributed by atoms with E-state index in [1.165, 1.54) is 4.57 Å². The summed E-state index contributed by atoms with van der Waals surface area (Å²) in [5.74, 6) is -1.34. The molecule has 0 unspecified atom stereocenters. The topological polar surface area (TPSA) is 111 Å². The summed E-state index contributed by atoms with van der Waals surface area (Å²) in [5, 5.41) is 15.6. The summed E-state index contributed by atoms with van der Waals surface area (Å²) in [6.45, 7) is 2.44. The molecule has 1 aromatic rings. The van der Waals surface area contributed by atoms with E-state index in [0.29, 0.717) is 18.3 Å². The molecule has 1 heterocycles. The molecular weight excluding hydrogens is 232 g/mol. The van der Waals surface area contributed by atoms with Crippen molar-refractivity contribution < 1.29 is 14.7 Å². The molecule has 0 bridgehead atoms. The van der Waals surface area contributed by atoms with Crippen molar-refractivity contribution in [1.29, 1.82) is 0 Å². The van der Waals surface area contributed by atoms with E-state index < -0.39 is 11.2 Å². The third-order valence-electron chi connectivity index (χ3n) is 1.84. The minimum Gasteiger partial charge on any atom is -0.475 e. The summed E-state index contributed by atoms with van der Waals surface area (Å²) < 4.78 is 1.39. The van der Waals surface area contributed by atoms with Gasteiger partial charge in [0.15, 0.2) is 0 Å². The molecule has 1 aromatic heterocycles. The zero-order valence-electron chi connectivity index (χ0n) is 8.71. The van der Waals surface area contributed by atoms with Gasteiger partial charge in [0.05, 0.1) is 0 Å². The second-order valence-corrected chi connectivity index (χ2v) is 4.01. The number of carbonyl (C=O) groups is 2. The van der Waals surface area contributed by atoms with E-state index in [-0.39, 0.29) is 11.0 Å². The number of carboxylic acid groups (broad SMARTS) is 1. The van der Waals surface area contributed by atoms with Crippen LogP contribution < -0.4 is 5.73 Å². The van der Waals surface area contributed by atoms with Gasteiger partial charge in [-0.1, -0.05) is 13.3 Å². The molecular formula is C8H12N4O3S. The second-order valence-electron chi connectivity index (χ2n) is 3.04. The number of carboxylic acids is 1. The van der Waals surface area contributed by atoms with E-state index >= 15 is 0 Å². The van der Waals surface area contributed by atoms with Crippen LogP contribution >= 0.6 is 11.8 Å². The number of thioether (sulfide) groups is 1. The average molecular weight is 244 g/mol. The third kappa shape index (κ3) is 2.96. The lowest BCUT2D eigenvalue weighted by molar-refractivity contribution is 0.0676. The van der Waals surface area contributed by atoms with Crippen LogP contribution in [0.25, 0.3) is 0 Å². The Hall–Kier alpha value is -1.57. The van der Waals surface area contributed by atoms with Gasteiger partial charge >= 0.3 is 5.97 Å². The number of aromatic carboxylic acids is 1. The van der Waals surface area contributed by atoms with Gasteiger partial charge in [-0.25, -0.2) is 4.79 Å². The van der Waals surface area contributed by atoms with Crippen molar-refractivity contribution >= 4 is 23.0 Å². The largest absolute Gasteiger partial charge is 0.475 e. The molecule has 3 N–H and O–H groups in total. The predicted molar refractivity (Wildman–Crippen MR) is 57.3 cm³/mol. The molecule has 0 fully saturated rings. The molecule has 0 atom stereocenters. The molecule has 7 nitrogen and oxygen atoms in total. The van der Waals surface area contributed by atoms with Crippen LogP contribution in [0.15, 0.2) is 5.16 Å². The monoisotopic (exact) mass is 244 g/mol. The number of hydrogen-bond donors (Lipinski definition) is 2. The van der Waals surface area contributed by atoms with Gasteiger partial charge in [-0.3, -0.25) is 9.36 Å². The Kier molecular flexibility index (Phi) is 4.29. The van der Waals surface area contributed by atoms with E-state index in [1.807, 2.05) is 6.92 Å². The van der Waals surface area contributed by atoms with Crippen LogP contribution in [0.4, 0.5) is 4.79 Å². The lowest BCUT2D eigenvalue weighted by atomic mass is 10.3. The number of nitrogens with zero attached hydrogens (tertiary/aromatic N) is 3. The summed E-state index contributed by atoms with van der Waals surface area (Å²) in [4.78, 5) is 21.6. The van der Waals surface area contributed by atoms with Crippen molar-refractivity contribution in [3.8, 4) is 0 Å². The Bertz CT molecular complexity index is 404. The molecule has 0 saturated carbocycles. The highest BCUT2D eigenvalue weighted by Crippen LogP contribution is 2.17. The molecule has 16 heavy (non-hydrogen) atoms. The van der Waals surface area contributed by atoms with Gasteiger partial charge in [0.25, 0.3) is 5.24 Å². The van der Waals surface area contributed by atoms with Crippen molar-refractivity contribution in [2.45, 2.75) is 31.5 Å². The predicted octanol–water partition coefficient (Wildman–Crippen LogP) is 0.947. The first kappa shape index (κ1) is 12.5.